The average molecular weight is 676 g/mol. The molecule has 0 spiro atoms. The first-order valence-electron chi connectivity index (χ1n) is 13.9. The number of rotatable bonds is 9. The van der Waals surface area contributed by atoms with Crippen LogP contribution in [0.2, 0.25) is 0 Å². The summed E-state index contributed by atoms with van der Waals surface area (Å²) in [5.74, 6) is -5.90. The van der Waals surface area contributed by atoms with Gasteiger partial charge in [-0.1, -0.05) is 46.3 Å². The van der Waals surface area contributed by atoms with Gasteiger partial charge in [0, 0.05) is 49.4 Å². The predicted octanol–water partition coefficient (Wildman–Crippen LogP) is 4.04. The molecule has 3 aromatic rings. The second kappa shape index (κ2) is 12.6. The molecule has 9 nitrogen and oxygen atoms in total. The lowest BCUT2D eigenvalue weighted by Crippen LogP contribution is -2.53. The van der Waals surface area contributed by atoms with E-state index in [1.54, 1.807) is 37.3 Å². The Morgan fingerprint density at radius 2 is 1.82 bits per heavy atom. The zero-order valence-corrected chi connectivity index (χ0v) is 25.2. The van der Waals surface area contributed by atoms with E-state index in [1.807, 2.05) is 0 Å². The van der Waals surface area contributed by atoms with E-state index in [4.69, 9.17) is 4.74 Å². The van der Waals surface area contributed by atoms with E-state index in [-0.39, 0.29) is 48.8 Å². The Morgan fingerprint density at radius 1 is 1.14 bits per heavy atom. The zero-order chi connectivity index (χ0) is 31.8. The first-order valence-corrected chi connectivity index (χ1v) is 15.0. The molecule has 232 valence electrons. The van der Waals surface area contributed by atoms with Crippen LogP contribution in [0.25, 0.3) is 0 Å². The number of ketones is 1. The number of carbonyl (C=O) groups is 3. The summed E-state index contributed by atoms with van der Waals surface area (Å²) in [4.78, 5) is 55.1. The molecule has 0 unspecified atom stereocenters. The van der Waals surface area contributed by atoms with Crippen molar-refractivity contribution in [2.75, 3.05) is 11.9 Å². The topological polar surface area (TPSA) is 118 Å². The highest BCUT2D eigenvalue weighted by Crippen LogP contribution is 2.42. The number of fused-ring (bicyclic) bond motifs is 4. The molecule has 1 saturated heterocycles. The van der Waals surface area contributed by atoms with E-state index in [0.717, 1.165) is 6.20 Å². The van der Waals surface area contributed by atoms with Crippen molar-refractivity contribution in [3.8, 4) is 5.75 Å². The van der Waals surface area contributed by atoms with Gasteiger partial charge in [-0.3, -0.25) is 19.2 Å². The molecule has 2 aliphatic rings. The van der Waals surface area contributed by atoms with Crippen LogP contribution in [0.5, 0.6) is 5.75 Å². The number of aromatic nitrogens is 1. The number of halogens is 4. The molecule has 2 aromatic carbocycles. The summed E-state index contributed by atoms with van der Waals surface area (Å²) in [6.07, 6.45) is 1.38. The fraction of sp³-hybridized carbons (Fsp3) is 0.355. The van der Waals surface area contributed by atoms with E-state index < -0.39 is 69.8 Å². The van der Waals surface area contributed by atoms with Crippen LogP contribution in [-0.2, 0) is 17.9 Å². The summed E-state index contributed by atoms with van der Waals surface area (Å²) in [6, 6.07) is 8.43. The summed E-state index contributed by atoms with van der Waals surface area (Å²) >= 11 is 3.13. The van der Waals surface area contributed by atoms with Crippen LogP contribution < -0.4 is 15.5 Å². The quantitative estimate of drug-likeness (QED) is 0.331. The molecule has 3 atom stereocenters. The van der Waals surface area contributed by atoms with Gasteiger partial charge in [0.2, 0.25) is 5.43 Å². The molecule has 3 heterocycles. The maximum atomic E-state index is 14.2. The van der Waals surface area contributed by atoms with Gasteiger partial charge in [-0.05, 0) is 25.3 Å². The van der Waals surface area contributed by atoms with Gasteiger partial charge >= 0.3 is 0 Å². The van der Waals surface area contributed by atoms with Crippen LogP contribution in [0.1, 0.15) is 64.2 Å². The molecule has 1 fully saturated rings. The zero-order valence-electron chi connectivity index (χ0n) is 23.6. The Bertz CT molecular complexity index is 1660. The lowest BCUT2D eigenvalue weighted by Gasteiger charge is -2.42. The molecule has 2 aliphatic heterocycles. The third-order valence-corrected chi connectivity index (χ3v) is 8.79. The first-order chi connectivity index (χ1) is 20.9. The molecule has 0 saturated carbocycles. The summed E-state index contributed by atoms with van der Waals surface area (Å²) < 4.78 is 49.1. The molecular formula is C31H29BrF3N3O6. The molecule has 13 heteroatoms. The number of Topliss-reactive ketones (excluding diaryl/α,β-unsaturated/α-hetero) is 1. The smallest absolute Gasteiger partial charge is 0.274 e. The highest BCUT2D eigenvalue weighted by Gasteiger charge is 2.50. The van der Waals surface area contributed by atoms with Gasteiger partial charge < -0.3 is 24.6 Å². The fourth-order valence-corrected chi connectivity index (χ4v) is 5.97. The minimum absolute atomic E-state index is 0.00682. The van der Waals surface area contributed by atoms with Gasteiger partial charge in [-0.15, -0.1) is 0 Å². The summed E-state index contributed by atoms with van der Waals surface area (Å²) in [6.45, 7) is 0.948. The molecule has 2 amide bonds. The van der Waals surface area contributed by atoms with Gasteiger partial charge in [0.15, 0.2) is 11.4 Å². The molecule has 0 radical (unpaired) electrons. The number of amides is 2. The Kier molecular flexibility index (Phi) is 8.98. The van der Waals surface area contributed by atoms with E-state index >= 15 is 0 Å². The Balaban J connectivity index is 1.62. The Morgan fingerprint density at radius 3 is 2.48 bits per heavy atom. The molecule has 2 bridgehead atoms. The largest absolute Gasteiger partial charge is 0.483 e. The Hall–Kier alpha value is -3.97. The number of benzene rings is 2. The first kappa shape index (κ1) is 31.5. The number of carbonyl (C=O) groups excluding carboxylic acids is 3. The molecular weight excluding hydrogens is 647 g/mol. The van der Waals surface area contributed by atoms with Crippen molar-refractivity contribution >= 4 is 33.5 Å². The van der Waals surface area contributed by atoms with Crippen molar-refractivity contribution < 1.29 is 37.4 Å². The van der Waals surface area contributed by atoms with Crippen molar-refractivity contribution in [1.82, 2.24) is 14.8 Å². The lowest BCUT2D eigenvalue weighted by molar-refractivity contribution is -0.124. The van der Waals surface area contributed by atoms with Gasteiger partial charge in [-0.25, -0.2) is 13.2 Å². The minimum Gasteiger partial charge on any atom is -0.483 e. The number of nitrogens with zero attached hydrogens (tertiary/aromatic N) is 2. The van der Waals surface area contributed by atoms with E-state index in [9.17, 15) is 37.5 Å². The second-order valence-corrected chi connectivity index (χ2v) is 11.6. The molecule has 44 heavy (non-hydrogen) atoms. The number of ether oxygens (including phenoxy) is 1. The summed E-state index contributed by atoms with van der Waals surface area (Å²) in [5.41, 5.74) is -3.27. The van der Waals surface area contributed by atoms with Crippen LogP contribution in [0, 0.1) is 17.5 Å². The maximum Gasteiger partial charge on any atom is 0.274 e. The number of alkyl halides is 1. The molecule has 5 rings (SSSR count). The van der Waals surface area contributed by atoms with Crippen molar-refractivity contribution in [2.24, 2.45) is 0 Å². The van der Waals surface area contributed by atoms with Crippen molar-refractivity contribution in [2.45, 2.75) is 57.0 Å². The number of hydrogen-bond donors (Lipinski definition) is 2. The lowest BCUT2D eigenvalue weighted by atomic mass is 9.84. The molecule has 2 N–H and O–H groups in total. The summed E-state index contributed by atoms with van der Waals surface area (Å²) in [7, 11) is 0. The van der Waals surface area contributed by atoms with Gasteiger partial charge in [0.25, 0.3) is 11.8 Å². The third-order valence-electron chi connectivity index (χ3n) is 8.16. The number of aliphatic hydroxyl groups is 1. The number of pyridine rings is 1. The van der Waals surface area contributed by atoms with Crippen molar-refractivity contribution in [3.63, 3.8) is 0 Å². The second-order valence-electron chi connectivity index (χ2n) is 11.1. The van der Waals surface area contributed by atoms with Gasteiger partial charge in [0.1, 0.15) is 35.4 Å². The monoisotopic (exact) mass is 675 g/mol. The molecule has 0 aliphatic carbocycles. The normalized spacial score (nSPS) is 21.0. The SMILES string of the molecule is C[C@H]1CC[C@@](O)(CC(=O)CBr)[C@H]2CN1C(=O)c1c(OCc3ccccc3)c(=O)c(C(=O)NCc3c(F)cc(F)cc3F)cn12. The van der Waals surface area contributed by atoms with Crippen molar-refractivity contribution in [3.05, 3.63) is 98.7 Å². The van der Waals surface area contributed by atoms with Gasteiger partial charge in [-0.2, -0.15) is 0 Å². The van der Waals surface area contributed by atoms with Crippen molar-refractivity contribution in [1.29, 1.82) is 0 Å². The van der Waals surface area contributed by atoms with E-state index in [1.165, 1.54) is 9.47 Å². The van der Waals surface area contributed by atoms with Crippen LogP contribution in [-0.4, -0.2) is 55.7 Å². The van der Waals surface area contributed by atoms with E-state index in [0.29, 0.717) is 24.1 Å². The standard InChI is InChI=1S/C31H29BrF3N3O6/c1-17-7-8-31(43,11-20(39)12-32)25-15-37(17)30(42)26-28(44-16-18-5-3-2-4-6-18)27(40)22(14-38(25)26)29(41)36-13-21-23(34)9-19(33)10-24(21)35/h2-6,9-10,14,17,25,43H,7-8,11-13,15-16H2,1H3,(H,36,41)/t17-,25+,31+/m0/s1. The fourth-order valence-electron chi connectivity index (χ4n) is 5.77. The van der Waals surface area contributed by atoms with Crippen LogP contribution in [0.4, 0.5) is 13.2 Å². The minimum atomic E-state index is -1.65. The number of hydrogen-bond acceptors (Lipinski definition) is 6. The maximum absolute atomic E-state index is 14.2. The summed E-state index contributed by atoms with van der Waals surface area (Å²) in [5, 5.41) is 14.2. The average Bonchev–Trinajstić information content (AvgIpc) is 3.09. The third kappa shape index (κ3) is 6.03. The number of nitrogens with one attached hydrogen (secondary N) is 1. The highest BCUT2D eigenvalue weighted by atomic mass is 79.9. The van der Waals surface area contributed by atoms with Crippen LogP contribution >= 0.6 is 15.9 Å². The van der Waals surface area contributed by atoms with Gasteiger partial charge in [0.05, 0.1) is 17.0 Å². The Labute approximate surface area is 258 Å². The molecule has 1 aromatic heterocycles. The van der Waals surface area contributed by atoms with Crippen LogP contribution in [0.15, 0.2) is 53.5 Å². The highest BCUT2D eigenvalue weighted by molar-refractivity contribution is 9.09. The van der Waals surface area contributed by atoms with Crippen LogP contribution in [0.3, 0.4) is 0 Å². The predicted molar refractivity (Wildman–Crippen MR) is 156 cm³/mol. The van der Waals surface area contributed by atoms with E-state index in [2.05, 4.69) is 21.2 Å².